The lowest BCUT2D eigenvalue weighted by Gasteiger charge is -1.98. The minimum absolute atomic E-state index is 0.278. The molecule has 7 nitrogen and oxygen atoms in total. The fourth-order valence-electron chi connectivity index (χ4n) is 2.49. The number of anilines is 2. The lowest BCUT2D eigenvalue weighted by Crippen LogP contribution is -2.07. The average molecular weight is 378 g/mol. The normalized spacial score (nSPS) is 11.3. The van der Waals surface area contributed by atoms with E-state index >= 15 is 0 Å². The van der Waals surface area contributed by atoms with Crippen molar-refractivity contribution < 1.29 is 9.21 Å². The van der Waals surface area contributed by atoms with Gasteiger partial charge in [-0.3, -0.25) is 15.1 Å². The van der Waals surface area contributed by atoms with Gasteiger partial charge in [0.05, 0.1) is 11.2 Å². The van der Waals surface area contributed by atoms with E-state index < -0.39 is 5.76 Å². The first-order valence-corrected chi connectivity index (χ1v) is 8.88. The van der Waals surface area contributed by atoms with Crippen LogP contribution in [-0.2, 0) is 4.79 Å². The van der Waals surface area contributed by atoms with Crippen molar-refractivity contribution in [3.05, 3.63) is 70.0 Å². The number of thiazole rings is 1. The van der Waals surface area contributed by atoms with Gasteiger partial charge in [-0.2, -0.15) is 0 Å². The van der Waals surface area contributed by atoms with Gasteiger partial charge in [-0.15, -0.1) is 11.3 Å². The number of hydrogen-bond donors (Lipinski definition) is 3. The Balaban J connectivity index is 1.47. The van der Waals surface area contributed by atoms with Gasteiger partial charge in [0.25, 0.3) is 0 Å². The summed E-state index contributed by atoms with van der Waals surface area (Å²) in [6.07, 6.45) is 3.14. The smallest absolute Gasteiger partial charge is 0.408 e. The van der Waals surface area contributed by atoms with Crippen molar-refractivity contribution in [2.75, 3.05) is 11.1 Å². The number of nitrogens with two attached hydrogens (primary N) is 1. The Labute approximate surface area is 157 Å². The van der Waals surface area contributed by atoms with E-state index in [4.69, 9.17) is 10.2 Å². The number of amides is 1. The Bertz CT molecular complexity index is 1200. The molecule has 0 atom stereocenters. The number of nitrogens with zero attached hydrogens (tertiary/aromatic N) is 1. The predicted octanol–water partition coefficient (Wildman–Crippen LogP) is 3.48. The summed E-state index contributed by atoms with van der Waals surface area (Å²) in [6, 6.07) is 12.5. The van der Waals surface area contributed by atoms with E-state index in [-0.39, 0.29) is 5.91 Å². The van der Waals surface area contributed by atoms with E-state index in [1.54, 1.807) is 30.3 Å². The van der Waals surface area contributed by atoms with E-state index in [9.17, 15) is 9.59 Å². The molecule has 0 spiro atoms. The largest absolute Gasteiger partial charge is 0.417 e. The highest BCUT2D eigenvalue weighted by Gasteiger charge is 2.09. The van der Waals surface area contributed by atoms with Crippen LogP contribution in [0.2, 0.25) is 0 Å². The number of aromatic amines is 1. The summed E-state index contributed by atoms with van der Waals surface area (Å²) < 4.78 is 5.06. The van der Waals surface area contributed by atoms with Crippen LogP contribution in [0, 0.1) is 0 Å². The molecule has 0 aliphatic heterocycles. The number of carbonyl (C=O) groups excluding carboxylic acids is 1. The molecule has 4 rings (SSSR count). The van der Waals surface area contributed by atoms with Gasteiger partial charge in [0.2, 0.25) is 5.91 Å². The summed E-state index contributed by atoms with van der Waals surface area (Å²) in [5.41, 5.74) is 9.74. The van der Waals surface area contributed by atoms with Gasteiger partial charge < -0.3 is 10.2 Å². The zero-order chi connectivity index (χ0) is 18.8. The molecule has 0 bridgehead atoms. The van der Waals surface area contributed by atoms with Crippen LogP contribution in [0.3, 0.4) is 0 Å². The first kappa shape index (κ1) is 16.8. The molecule has 2 aromatic heterocycles. The van der Waals surface area contributed by atoms with Crippen LogP contribution in [0.25, 0.3) is 28.4 Å². The molecule has 0 unspecified atom stereocenters. The minimum atomic E-state index is -0.499. The third-order valence-electron chi connectivity index (χ3n) is 3.81. The van der Waals surface area contributed by atoms with Gasteiger partial charge >= 0.3 is 5.76 Å². The fourth-order valence-corrected chi connectivity index (χ4v) is 3.22. The molecule has 1 amide bonds. The second-order valence-corrected chi connectivity index (χ2v) is 6.61. The quantitative estimate of drug-likeness (QED) is 0.372. The summed E-state index contributed by atoms with van der Waals surface area (Å²) in [7, 11) is 0. The number of oxazole rings is 1. The average Bonchev–Trinajstić information content (AvgIpc) is 3.26. The van der Waals surface area contributed by atoms with Crippen LogP contribution < -0.4 is 16.8 Å². The Morgan fingerprint density at radius 1 is 1.22 bits per heavy atom. The maximum atomic E-state index is 12.1. The summed E-state index contributed by atoms with van der Waals surface area (Å²) in [5, 5.41) is 5.04. The number of benzene rings is 2. The molecule has 0 fully saturated rings. The maximum Gasteiger partial charge on any atom is 0.417 e. The van der Waals surface area contributed by atoms with Crippen molar-refractivity contribution in [1.29, 1.82) is 0 Å². The van der Waals surface area contributed by atoms with Gasteiger partial charge in [0.15, 0.2) is 10.7 Å². The second-order valence-electron chi connectivity index (χ2n) is 5.75. The molecular weight excluding hydrogens is 364 g/mol. The Morgan fingerprint density at radius 3 is 2.85 bits per heavy atom. The number of hydrogen-bond acceptors (Lipinski definition) is 6. The number of carbonyl (C=O) groups is 1. The van der Waals surface area contributed by atoms with Gasteiger partial charge in [-0.1, -0.05) is 18.2 Å². The molecule has 8 heteroatoms. The van der Waals surface area contributed by atoms with Gasteiger partial charge in [-0.05, 0) is 35.9 Å². The van der Waals surface area contributed by atoms with E-state index in [1.807, 2.05) is 23.6 Å². The van der Waals surface area contributed by atoms with Crippen molar-refractivity contribution in [3.8, 4) is 11.3 Å². The molecular formula is C19H14N4O3S. The Morgan fingerprint density at radius 2 is 2.04 bits per heavy atom. The molecule has 4 N–H and O–H groups in total. The lowest BCUT2D eigenvalue weighted by atomic mass is 10.1. The lowest BCUT2D eigenvalue weighted by molar-refractivity contribution is -0.111. The van der Waals surface area contributed by atoms with Crippen LogP contribution in [0.1, 0.15) is 5.56 Å². The molecule has 27 heavy (non-hydrogen) atoms. The van der Waals surface area contributed by atoms with E-state index in [0.717, 1.165) is 11.1 Å². The first-order valence-electron chi connectivity index (χ1n) is 8.00. The van der Waals surface area contributed by atoms with Crippen molar-refractivity contribution in [2.45, 2.75) is 0 Å². The third-order valence-corrected chi connectivity index (χ3v) is 4.57. The molecule has 0 saturated carbocycles. The van der Waals surface area contributed by atoms with Gasteiger partial charge in [-0.25, -0.2) is 9.78 Å². The summed E-state index contributed by atoms with van der Waals surface area (Å²) >= 11 is 1.31. The van der Waals surface area contributed by atoms with Crippen molar-refractivity contribution >= 4 is 45.2 Å². The van der Waals surface area contributed by atoms with Crippen LogP contribution in [-0.4, -0.2) is 15.9 Å². The molecule has 0 aliphatic rings. The number of nitrogen functional groups attached to an aromatic ring is 1. The molecule has 4 aromatic rings. The number of H-pyrrole nitrogens is 1. The molecule has 0 radical (unpaired) electrons. The number of rotatable bonds is 4. The van der Waals surface area contributed by atoms with Crippen molar-refractivity contribution in [3.63, 3.8) is 0 Å². The fraction of sp³-hybridized carbons (Fsp3) is 0. The zero-order valence-electron chi connectivity index (χ0n) is 13.9. The van der Waals surface area contributed by atoms with Crippen LogP contribution in [0.4, 0.5) is 10.8 Å². The Hall–Kier alpha value is -3.65. The van der Waals surface area contributed by atoms with E-state index in [2.05, 4.69) is 15.3 Å². The molecule has 2 aromatic carbocycles. The molecule has 0 saturated heterocycles. The molecule has 2 heterocycles. The highest BCUT2D eigenvalue weighted by atomic mass is 32.1. The van der Waals surface area contributed by atoms with E-state index in [1.165, 1.54) is 17.4 Å². The Kier molecular flexibility index (Phi) is 4.31. The van der Waals surface area contributed by atoms with Crippen molar-refractivity contribution in [2.24, 2.45) is 0 Å². The van der Waals surface area contributed by atoms with Gasteiger partial charge in [0, 0.05) is 22.7 Å². The monoisotopic (exact) mass is 378 g/mol. The third kappa shape index (κ3) is 3.80. The predicted molar refractivity (Wildman–Crippen MR) is 106 cm³/mol. The maximum absolute atomic E-state index is 12.1. The minimum Gasteiger partial charge on any atom is -0.408 e. The van der Waals surface area contributed by atoms with Crippen molar-refractivity contribution in [1.82, 2.24) is 9.97 Å². The summed E-state index contributed by atoms with van der Waals surface area (Å²) in [5.74, 6) is -0.777. The van der Waals surface area contributed by atoms with Crippen LogP contribution in [0.15, 0.2) is 63.1 Å². The van der Waals surface area contributed by atoms with Gasteiger partial charge in [0.1, 0.15) is 0 Å². The van der Waals surface area contributed by atoms with Crippen LogP contribution in [0.5, 0.6) is 0 Å². The zero-order valence-corrected chi connectivity index (χ0v) is 14.7. The highest BCUT2D eigenvalue weighted by molar-refractivity contribution is 7.14. The molecule has 134 valence electrons. The molecule has 0 aliphatic carbocycles. The SMILES string of the molecule is Nc1ccc(/C=C/C(=O)Nc2nc(-c3ccc4[nH]c(=O)oc4c3)cs2)cc1. The summed E-state index contributed by atoms with van der Waals surface area (Å²) in [6.45, 7) is 0. The highest BCUT2D eigenvalue weighted by Crippen LogP contribution is 2.27. The summed E-state index contributed by atoms with van der Waals surface area (Å²) in [4.78, 5) is 30.3. The number of fused-ring (bicyclic) bond motifs is 1. The first-order chi connectivity index (χ1) is 13.1. The van der Waals surface area contributed by atoms with Crippen LogP contribution >= 0.6 is 11.3 Å². The number of aromatic nitrogens is 2. The number of nitrogens with one attached hydrogen (secondary N) is 2. The topological polar surface area (TPSA) is 114 Å². The standard InChI is InChI=1S/C19H14N4O3S/c20-13-5-1-11(2-6-13)3-8-17(24)23-18-21-15(10-27-18)12-4-7-14-16(9-12)26-19(25)22-14/h1-10H,20H2,(H,22,25)(H,21,23,24)/b8-3+. The van der Waals surface area contributed by atoms with E-state index in [0.29, 0.717) is 27.6 Å². The second kappa shape index (κ2) is 6.93.